The molecule has 4 fully saturated rings. The maximum Gasteiger partial charge on any atom is 0.407 e. The number of likely N-dealkylation sites (N-methyl/N-ethyl adjacent to an activating group) is 2. The van der Waals surface area contributed by atoms with Gasteiger partial charge in [-0.25, -0.2) is 4.79 Å². The number of carbonyl (C=O) groups excluding carboxylic acids is 3. The van der Waals surface area contributed by atoms with Crippen molar-refractivity contribution < 1.29 is 57.8 Å². The van der Waals surface area contributed by atoms with Crippen LogP contribution in [0.5, 0.6) is 0 Å². The van der Waals surface area contributed by atoms with Crippen LogP contribution in [-0.2, 0) is 42.7 Å². The number of aliphatic hydroxyl groups is 2. The molecule has 4 aliphatic rings. The summed E-state index contributed by atoms with van der Waals surface area (Å²) in [6, 6.07) is 32.8. The second kappa shape index (κ2) is 30.2. The molecule has 3 aromatic carbocycles. The Kier molecular flexibility index (Phi) is 24.4. The predicted molar refractivity (Wildman–Crippen MR) is 343 cm³/mol. The molecule has 0 radical (unpaired) electrons. The van der Waals surface area contributed by atoms with Crippen molar-refractivity contribution in [1.29, 1.82) is 0 Å². The van der Waals surface area contributed by atoms with Crippen molar-refractivity contribution in [3.63, 3.8) is 0 Å². The molecule has 3 aromatic rings. The third-order valence-corrected chi connectivity index (χ3v) is 25.0. The molecule has 18 atom stereocenters. The van der Waals surface area contributed by atoms with Crippen LogP contribution in [0, 0.1) is 29.1 Å². The van der Waals surface area contributed by atoms with E-state index in [2.05, 4.69) is 122 Å². The molecule has 1 aliphatic carbocycles. The number of unbranched alkanes of at least 4 members (excludes halogenated alkanes) is 7. The highest BCUT2D eigenvalue weighted by Crippen LogP contribution is 2.65. The number of fused-ring (bicyclic) bond motifs is 1. The van der Waals surface area contributed by atoms with Crippen LogP contribution in [0.25, 0.3) is 0 Å². The summed E-state index contributed by atoms with van der Waals surface area (Å²) in [5.41, 5.74) is -4.30. The number of esters is 2. The number of aliphatic hydroxyl groups excluding tert-OH is 1. The highest BCUT2D eigenvalue weighted by atomic mass is 31.2. The summed E-state index contributed by atoms with van der Waals surface area (Å²) in [4.78, 5) is 46.4. The van der Waals surface area contributed by atoms with E-state index >= 15 is 4.79 Å². The number of benzene rings is 3. The van der Waals surface area contributed by atoms with E-state index in [0.717, 1.165) is 38.3 Å². The molecule has 7 rings (SSSR count). The lowest BCUT2D eigenvalue weighted by molar-refractivity contribution is -0.304. The van der Waals surface area contributed by atoms with Crippen LogP contribution in [0.1, 0.15) is 160 Å². The van der Waals surface area contributed by atoms with E-state index in [1.54, 1.807) is 21.0 Å². The average Bonchev–Trinajstić information content (AvgIpc) is 1.54. The third kappa shape index (κ3) is 15.9. The van der Waals surface area contributed by atoms with Gasteiger partial charge in [0.2, 0.25) is 0 Å². The van der Waals surface area contributed by atoms with E-state index in [9.17, 15) is 19.8 Å². The number of rotatable bonds is 22. The fraction of sp³-hybridized carbons (Fsp3) is 0.700. The number of nitrogens with zero attached hydrogens (tertiary/aromatic N) is 2. The molecular weight excluding hydrogens is 1110 g/mol. The largest absolute Gasteiger partial charge is 0.458 e. The van der Waals surface area contributed by atoms with Crippen LogP contribution in [0.15, 0.2) is 91.0 Å². The first-order chi connectivity index (χ1) is 40.8. The molecule has 3 aliphatic heterocycles. The normalized spacial score (nSPS) is 35.8. The molecule has 0 aromatic heterocycles. The minimum atomic E-state index is -1.83. The van der Waals surface area contributed by atoms with Gasteiger partial charge in [-0.1, -0.05) is 121 Å². The van der Waals surface area contributed by atoms with Crippen LogP contribution >= 0.6 is 7.26 Å². The van der Waals surface area contributed by atoms with E-state index < -0.39 is 108 Å². The van der Waals surface area contributed by atoms with Gasteiger partial charge in [0.1, 0.15) is 41.0 Å². The van der Waals surface area contributed by atoms with Crippen LogP contribution in [0.3, 0.4) is 0 Å². The van der Waals surface area contributed by atoms with E-state index in [1.807, 2.05) is 60.7 Å². The lowest BCUT2D eigenvalue weighted by Gasteiger charge is -2.51. The number of hydrogen-bond donors (Lipinski definition) is 3. The van der Waals surface area contributed by atoms with Crippen molar-refractivity contribution in [2.24, 2.45) is 29.1 Å². The van der Waals surface area contributed by atoms with Crippen molar-refractivity contribution in [1.82, 2.24) is 15.1 Å². The first kappa shape index (κ1) is 69.5. The number of carbonyl (C=O) groups is 3. The van der Waals surface area contributed by atoms with Gasteiger partial charge >= 0.3 is 18.0 Å². The van der Waals surface area contributed by atoms with Crippen LogP contribution in [0.4, 0.5) is 4.79 Å². The lowest BCUT2D eigenvalue weighted by Crippen LogP contribution is -2.62. The van der Waals surface area contributed by atoms with Gasteiger partial charge in [-0.15, -0.1) is 0 Å². The van der Waals surface area contributed by atoms with Gasteiger partial charge in [0.25, 0.3) is 0 Å². The van der Waals surface area contributed by atoms with Crippen LogP contribution < -0.4 is 21.2 Å². The Morgan fingerprint density at radius 2 is 1.33 bits per heavy atom. The molecule has 3 heterocycles. The van der Waals surface area contributed by atoms with E-state index in [0.29, 0.717) is 32.4 Å². The molecular formula is C70H109N3O12P+. The van der Waals surface area contributed by atoms with Gasteiger partial charge in [0.15, 0.2) is 12.4 Å². The van der Waals surface area contributed by atoms with Gasteiger partial charge < -0.3 is 53.6 Å². The van der Waals surface area contributed by atoms with E-state index in [4.69, 9.17) is 33.2 Å². The Balaban J connectivity index is 1.03. The number of nitrogens with one attached hydrogen (secondary N) is 1. The van der Waals surface area contributed by atoms with Crippen LogP contribution in [0.2, 0.25) is 0 Å². The van der Waals surface area contributed by atoms with Gasteiger partial charge in [0, 0.05) is 57.3 Å². The van der Waals surface area contributed by atoms with Crippen molar-refractivity contribution in [3.8, 4) is 0 Å². The number of methoxy groups -OCH3 is 1. The molecule has 480 valence electrons. The van der Waals surface area contributed by atoms with Crippen molar-refractivity contribution in [3.05, 3.63) is 91.0 Å². The summed E-state index contributed by atoms with van der Waals surface area (Å²) in [6.45, 7) is 21.8. The van der Waals surface area contributed by atoms with Gasteiger partial charge in [-0.3, -0.25) is 14.5 Å². The zero-order valence-electron chi connectivity index (χ0n) is 54.9. The molecule has 1 saturated carbocycles. The molecule has 3 saturated heterocycles. The Bertz CT molecular complexity index is 2500. The molecule has 16 heteroatoms. The zero-order chi connectivity index (χ0) is 62.8. The third-order valence-electron chi connectivity index (χ3n) is 20.5. The minimum Gasteiger partial charge on any atom is -0.458 e. The molecule has 1 unspecified atom stereocenters. The van der Waals surface area contributed by atoms with Crippen molar-refractivity contribution >= 4 is 41.2 Å². The molecule has 86 heavy (non-hydrogen) atoms. The Morgan fingerprint density at radius 3 is 1.85 bits per heavy atom. The van der Waals surface area contributed by atoms with E-state index in [1.165, 1.54) is 42.1 Å². The summed E-state index contributed by atoms with van der Waals surface area (Å²) in [5, 5.41) is 32.1. The predicted octanol–water partition coefficient (Wildman–Crippen LogP) is 10.6. The highest BCUT2D eigenvalue weighted by Gasteiger charge is 2.73. The highest BCUT2D eigenvalue weighted by molar-refractivity contribution is 7.95. The average molecular weight is 1220 g/mol. The summed E-state index contributed by atoms with van der Waals surface area (Å²) in [7, 11) is 5.62. The fourth-order valence-electron chi connectivity index (χ4n) is 15.5. The number of alkyl carbamates (subject to hydrolysis) is 1. The summed E-state index contributed by atoms with van der Waals surface area (Å²) in [5.74, 6) is -3.20. The Labute approximate surface area is 517 Å². The monoisotopic (exact) mass is 1210 g/mol. The summed E-state index contributed by atoms with van der Waals surface area (Å²) >= 11 is 0. The molecule has 1 amide bonds. The quantitative estimate of drug-likeness (QED) is 0.0375. The number of ether oxygens (including phenoxy) is 7. The molecule has 0 spiro atoms. The first-order valence-electron chi connectivity index (χ1n) is 32.5. The van der Waals surface area contributed by atoms with Gasteiger partial charge in [0.05, 0.1) is 53.7 Å². The summed E-state index contributed by atoms with van der Waals surface area (Å²) in [6.07, 6.45) is 5.31. The Hall–Kier alpha value is -4.02. The summed E-state index contributed by atoms with van der Waals surface area (Å²) < 4.78 is 46.0. The Morgan fingerprint density at radius 1 is 0.779 bits per heavy atom. The maximum absolute atomic E-state index is 15.3. The number of amides is 1. The topological polar surface area (TPSA) is 175 Å². The van der Waals surface area contributed by atoms with Crippen LogP contribution in [-0.4, -0.2) is 163 Å². The van der Waals surface area contributed by atoms with Gasteiger partial charge in [-0.2, -0.15) is 0 Å². The van der Waals surface area contributed by atoms with Gasteiger partial charge in [-0.05, 0) is 143 Å². The lowest BCUT2D eigenvalue weighted by atomic mass is 9.68. The molecule has 15 nitrogen and oxygen atoms in total. The molecule has 0 bridgehead atoms. The maximum atomic E-state index is 15.3. The second-order valence-electron chi connectivity index (χ2n) is 27.3. The second-order valence-corrected chi connectivity index (χ2v) is 30.9. The standard InChI is InChI=1S/C70H108N3O12P/c1-16-70-46-67(70,9)63(84-66(77)71-40-32-21-19-17-18-20-22-33-41-86(54-34-26-23-27-35-54,55-36-28-24-29-37-55)56-38-30-25-31-39-56)51(6)73(14)45-47(2)43-68(10,78)62(83-65-60(82-53(8)74)57(72(12)13)42-48(3)80-65)49(4)59(50(5)64(76)85-70)58-44-69(11,79-15)61(75)52(7)81-58/h23-31,34-39,47-52,57-63,65,75,78H,16-22,32-33,40-46H2,1-15H3/p+1/t47-,48-,49+,50-,51-,52+,57+,58-,59?,60-,61+,62-,63-,65+,67+,68-,69-,70-/m1/s1. The fourth-order valence-corrected chi connectivity index (χ4v) is 19.9. The minimum absolute atomic E-state index is 0.130. The van der Waals surface area contributed by atoms with E-state index in [-0.39, 0.29) is 36.9 Å². The number of hydrogen-bond acceptors (Lipinski definition) is 14. The van der Waals surface area contributed by atoms with Crippen molar-refractivity contribution in [2.45, 2.75) is 238 Å². The molecule has 3 N–H and O–H groups in total. The zero-order valence-corrected chi connectivity index (χ0v) is 55.8. The smallest absolute Gasteiger partial charge is 0.407 e. The SMILES string of the molecule is CC[C@@]12C[C@@]1(C)[C@H](OC(=O)NCCCCCCCCCC[P+](c1ccccc1)(c1ccccc1)c1ccccc1)[C@@H](C)N(C)C[C@H](C)C[C@@](C)(O)[C@H](O[C@@H]1O[C@H](C)C[C@H](N(C)C)[C@H]1OC(C)=O)[C@@H](C)C([C@H]1C[C@@](C)(OC)[C@@H](O)[C@H](C)O1)[C@@H](C)C(=O)O2. The van der Waals surface area contributed by atoms with Crippen molar-refractivity contribution in [2.75, 3.05) is 47.5 Å². The first-order valence-corrected chi connectivity index (χ1v) is 34.4.